The highest BCUT2D eigenvalue weighted by molar-refractivity contribution is 5.89. The van der Waals surface area contributed by atoms with E-state index in [-0.39, 0.29) is 36.1 Å². The lowest BCUT2D eigenvalue weighted by atomic mass is 9.43. The highest BCUT2D eigenvalue weighted by Gasteiger charge is 2.91. The molecule has 9 aliphatic rings. The van der Waals surface area contributed by atoms with Crippen LogP contribution in [-0.4, -0.2) is 232 Å². The van der Waals surface area contributed by atoms with Gasteiger partial charge >= 0.3 is 11.9 Å². The maximum absolute atomic E-state index is 14.2. The number of Topliss-reactive ketones (excluding diaryl/α,β-unsaturated/α-hetero) is 1. The third-order valence-corrected chi connectivity index (χ3v) is 21.0. The normalized spacial score (nSPS) is 49.7. The molecule has 9 fully saturated rings. The second-order valence-electron chi connectivity index (χ2n) is 25.3. The minimum Gasteiger partial charge on any atom is -0.458 e. The van der Waals surface area contributed by atoms with Gasteiger partial charge in [-0.05, 0) is 95.6 Å². The van der Waals surface area contributed by atoms with Gasteiger partial charge in [-0.1, -0.05) is 45.9 Å². The predicted octanol–water partition coefficient (Wildman–Crippen LogP) is 0.963. The molecule has 8 N–H and O–H groups in total. The summed E-state index contributed by atoms with van der Waals surface area (Å²) in [5.74, 6) is -2.14. The number of benzene rings is 1. The van der Waals surface area contributed by atoms with Gasteiger partial charge in [0.05, 0.1) is 49.1 Å². The number of esters is 2. The number of aliphatic hydroxyl groups is 8. The van der Waals surface area contributed by atoms with Crippen LogP contribution in [-0.2, 0) is 71.2 Å². The number of methoxy groups -OCH3 is 2. The van der Waals surface area contributed by atoms with Crippen molar-refractivity contribution in [2.45, 2.75) is 252 Å². The summed E-state index contributed by atoms with van der Waals surface area (Å²) in [7, 11) is 2.88. The summed E-state index contributed by atoms with van der Waals surface area (Å²) in [4.78, 5) is 42.1. The summed E-state index contributed by atoms with van der Waals surface area (Å²) in [5.41, 5.74) is -2.55. The largest absolute Gasteiger partial charge is 0.458 e. The smallest absolute Gasteiger partial charge is 0.338 e. The van der Waals surface area contributed by atoms with Gasteiger partial charge in [0.25, 0.3) is 0 Å². The van der Waals surface area contributed by atoms with E-state index in [1.54, 1.807) is 45.2 Å². The molecule has 0 amide bonds. The van der Waals surface area contributed by atoms with E-state index < -0.39 is 182 Å². The summed E-state index contributed by atoms with van der Waals surface area (Å²) in [6.07, 6.45) is -22.2. The molecule has 83 heavy (non-hydrogen) atoms. The molecule has 5 heterocycles. The van der Waals surface area contributed by atoms with E-state index in [1.165, 1.54) is 7.11 Å². The molecule has 24 heteroatoms. The van der Waals surface area contributed by atoms with Crippen LogP contribution in [0.15, 0.2) is 30.3 Å². The van der Waals surface area contributed by atoms with Crippen molar-refractivity contribution in [3.05, 3.63) is 35.9 Å². The molecule has 4 saturated carbocycles. The molecule has 0 unspecified atom stereocenters. The minimum absolute atomic E-state index is 0.0134. The Morgan fingerprint density at radius 2 is 1.30 bits per heavy atom. The second kappa shape index (κ2) is 24.6. The number of hydrogen-bond acceptors (Lipinski definition) is 24. The van der Waals surface area contributed by atoms with E-state index in [1.807, 2.05) is 33.8 Å². The van der Waals surface area contributed by atoms with Crippen LogP contribution in [0.4, 0.5) is 0 Å². The Morgan fingerprint density at radius 3 is 1.95 bits per heavy atom. The van der Waals surface area contributed by atoms with Crippen LogP contribution in [0, 0.1) is 34.5 Å². The van der Waals surface area contributed by atoms with Crippen molar-refractivity contribution in [3.63, 3.8) is 0 Å². The number of ether oxygens (including phenoxy) is 13. The van der Waals surface area contributed by atoms with Gasteiger partial charge in [0.1, 0.15) is 102 Å². The van der Waals surface area contributed by atoms with E-state index in [4.69, 9.17) is 61.6 Å². The molecule has 2 spiro atoms. The molecule has 0 aromatic heterocycles. The van der Waals surface area contributed by atoms with E-state index in [2.05, 4.69) is 6.92 Å². The van der Waals surface area contributed by atoms with Crippen LogP contribution in [0.1, 0.15) is 117 Å². The van der Waals surface area contributed by atoms with Gasteiger partial charge < -0.3 is 102 Å². The lowest BCUT2D eigenvalue weighted by Crippen LogP contribution is -2.71. The number of carbonyl (C=O) groups excluding carboxylic acids is 3. The van der Waals surface area contributed by atoms with Crippen molar-refractivity contribution in [3.8, 4) is 0 Å². The van der Waals surface area contributed by atoms with Gasteiger partial charge in [-0.25, -0.2) is 4.79 Å². The Morgan fingerprint density at radius 1 is 0.663 bits per heavy atom. The predicted molar refractivity (Wildman–Crippen MR) is 283 cm³/mol. The van der Waals surface area contributed by atoms with Crippen LogP contribution in [0.2, 0.25) is 0 Å². The molecule has 5 aliphatic heterocycles. The van der Waals surface area contributed by atoms with Crippen molar-refractivity contribution in [2.24, 2.45) is 34.5 Å². The Hall–Kier alpha value is -2.93. The standard InChI is InChI=1S/C59H88O24/c1-10-26(2)51(69)78-48-49-56(6)19-17-32(22-31(56)16-20-58(49)59(83-58)21-18-33(27(3)62)57(59,7)50(48)82-52(70)30-14-12-11-13-15-30)75-37-23-34(71-8)44(28(4)73-37)79-55-43(68)47(72-9)45(29(5)74-55)80-54-42(67)40(65)46(36(25-61)77-54)81-53-41(66)39(64)38(63)35(24-60)76-53/h11-15,26,28-29,31-50,53-55,60-61,63-68H,10,16-25H2,1-9H3/t26-,28-,29-,31+,32+,33+,34-,35-,36-,37+,38-,39+,40-,41-,42-,43-,44-,45-,46-,47+,48+,49-,50-,53+,54+,55+,56+,57+,58+,59-/m1/s1. The van der Waals surface area contributed by atoms with Crippen LogP contribution in [0.25, 0.3) is 0 Å². The number of hydrogen-bond donors (Lipinski definition) is 8. The molecule has 0 bridgehead atoms. The SMILES string of the molecule is CC[C@@H](C)C(=O)O[C@@H]1[C@@H](OC(=O)c2ccccc2)[C@]2(C)[C@H](C(C)=O)CC[C@@]23O[C@]32CC[C@H]3C[C@@H](O[C@H]4C[C@@H](OC)[C@H](O[C@@H]5O[C@H](C)[C@@H](O[C@@H]6O[C@H](CO)[C@@H](O[C@@H]7O[C@H](CO)[C@@H](O)[C@H](O)[C@H]7O)[C@H](O)[C@H]6O)[C@@H](OC)[C@H]5O)[C@@H](C)O4)CC[C@]3(C)[C@@H]12. The van der Waals surface area contributed by atoms with E-state index in [0.29, 0.717) is 50.5 Å². The zero-order valence-corrected chi connectivity index (χ0v) is 48.8. The number of epoxide rings is 1. The van der Waals surface area contributed by atoms with Crippen molar-refractivity contribution in [1.82, 2.24) is 0 Å². The third kappa shape index (κ3) is 10.7. The number of carbonyl (C=O) groups is 3. The van der Waals surface area contributed by atoms with Gasteiger partial charge in [0.2, 0.25) is 0 Å². The fourth-order valence-electron chi connectivity index (χ4n) is 16.3. The molecular weight excluding hydrogens is 1090 g/mol. The first-order valence-electron chi connectivity index (χ1n) is 29.7. The van der Waals surface area contributed by atoms with Gasteiger partial charge in [0.15, 0.2) is 25.2 Å². The van der Waals surface area contributed by atoms with Gasteiger partial charge in [-0.2, -0.15) is 0 Å². The van der Waals surface area contributed by atoms with Crippen LogP contribution >= 0.6 is 0 Å². The fraction of sp³-hybridized carbons (Fsp3) is 0.847. The first-order chi connectivity index (χ1) is 39.5. The molecule has 5 saturated heterocycles. The summed E-state index contributed by atoms with van der Waals surface area (Å²) < 4.78 is 81.7. The van der Waals surface area contributed by atoms with Gasteiger partial charge in [-0.15, -0.1) is 0 Å². The molecule has 1 aromatic carbocycles. The van der Waals surface area contributed by atoms with Gasteiger partial charge in [0, 0.05) is 37.9 Å². The topological polar surface area (TPSA) is 336 Å². The van der Waals surface area contributed by atoms with E-state index >= 15 is 0 Å². The van der Waals surface area contributed by atoms with Crippen LogP contribution in [0.3, 0.4) is 0 Å². The maximum Gasteiger partial charge on any atom is 0.338 e. The molecule has 0 radical (unpaired) electrons. The van der Waals surface area contributed by atoms with Crippen molar-refractivity contribution < 1.29 is 117 Å². The van der Waals surface area contributed by atoms with Gasteiger partial charge in [-0.3, -0.25) is 9.59 Å². The molecular formula is C59H88O24. The highest BCUT2D eigenvalue weighted by Crippen LogP contribution is 2.81. The Kier molecular flexibility index (Phi) is 18.7. The molecule has 1 aromatic rings. The average Bonchev–Trinajstić information content (AvgIpc) is 1.46. The highest BCUT2D eigenvalue weighted by atomic mass is 16.8. The summed E-state index contributed by atoms with van der Waals surface area (Å²) in [5, 5.41) is 85.3. The fourth-order valence-corrected chi connectivity index (χ4v) is 16.3. The van der Waals surface area contributed by atoms with Crippen molar-refractivity contribution in [2.75, 3.05) is 27.4 Å². The summed E-state index contributed by atoms with van der Waals surface area (Å²) in [6, 6.07) is 8.74. The Bertz CT molecular complexity index is 2420. The summed E-state index contributed by atoms with van der Waals surface area (Å²) >= 11 is 0. The number of ketones is 1. The average molecular weight is 1180 g/mol. The van der Waals surface area contributed by atoms with Crippen molar-refractivity contribution >= 4 is 17.7 Å². The Labute approximate surface area is 483 Å². The maximum atomic E-state index is 14.2. The quantitative estimate of drug-likeness (QED) is 0.0577. The zero-order chi connectivity index (χ0) is 59.8. The third-order valence-electron chi connectivity index (χ3n) is 21.0. The number of fused-ring (bicyclic) bond motifs is 2. The minimum atomic E-state index is -1.86. The lowest BCUT2D eigenvalue weighted by molar-refractivity contribution is -0.384. The Balaban J connectivity index is 0.792. The molecule has 30 atom stereocenters. The molecule has 10 rings (SSSR count). The second-order valence-corrected chi connectivity index (χ2v) is 25.3. The molecule has 4 aliphatic carbocycles. The van der Waals surface area contributed by atoms with Crippen LogP contribution < -0.4 is 0 Å². The number of aliphatic hydroxyl groups excluding tert-OH is 8. The summed E-state index contributed by atoms with van der Waals surface area (Å²) in [6.45, 7) is 11.5. The van der Waals surface area contributed by atoms with Crippen LogP contribution in [0.5, 0.6) is 0 Å². The monoisotopic (exact) mass is 1180 g/mol. The number of rotatable bonds is 18. The first kappa shape index (κ1) is 63.1. The van der Waals surface area contributed by atoms with E-state index in [9.17, 15) is 55.2 Å². The molecule has 24 nitrogen and oxygen atoms in total. The van der Waals surface area contributed by atoms with E-state index in [0.717, 1.165) is 6.42 Å². The molecule has 468 valence electrons. The lowest BCUT2D eigenvalue weighted by Gasteiger charge is -2.61. The first-order valence-corrected chi connectivity index (χ1v) is 29.7. The van der Waals surface area contributed by atoms with Crippen molar-refractivity contribution in [1.29, 1.82) is 0 Å². The zero-order valence-electron chi connectivity index (χ0n) is 48.8.